The van der Waals surface area contributed by atoms with Crippen molar-refractivity contribution in [1.82, 2.24) is 15.2 Å². The molecule has 1 aromatic carbocycles. The zero-order valence-corrected chi connectivity index (χ0v) is 9.78. The van der Waals surface area contributed by atoms with E-state index in [1.807, 2.05) is 0 Å². The first-order valence-electron chi connectivity index (χ1n) is 5.83. The topological polar surface area (TPSA) is 70.7 Å². The van der Waals surface area contributed by atoms with Gasteiger partial charge in [-0.25, -0.2) is 13.8 Å². The van der Waals surface area contributed by atoms with Crippen LogP contribution in [0.5, 0.6) is 0 Å². The normalized spacial score (nSPS) is 14.4. The molecule has 1 heterocycles. The second-order valence-electron chi connectivity index (χ2n) is 4.37. The fourth-order valence-electron chi connectivity index (χ4n) is 1.69. The van der Waals surface area contributed by atoms with Crippen LogP contribution in [0.25, 0.3) is 0 Å². The van der Waals surface area contributed by atoms with Crippen molar-refractivity contribution in [1.29, 1.82) is 0 Å². The Hall–Kier alpha value is -2.31. The Morgan fingerprint density at radius 1 is 1.37 bits per heavy atom. The number of nitrogens with zero attached hydrogens (tertiary/aromatic N) is 2. The van der Waals surface area contributed by atoms with Gasteiger partial charge >= 0.3 is 0 Å². The van der Waals surface area contributed by atoms with E-state index in [2.05, 4.69) is 20.5 Å². The van der Waals surface area contributed by atoms with Crippen LogP contribution in [0.3, 0.4) is 0 Å². The number of rotatable bonds is 3. The van der Waals surface area contributed by atoms with E-state index >= 15 is 0 Å². The van der Waals surface area contributed by atoms with Gasteiger partial charge in [-0.15, -0.1) is 5.10 Å². The quantitative estimate of drug-likeness (QED) is 0.892. The first kappa shape index (κ1) is 11.8. The van der Waals surface area contributed by atoms with Crippen LogP contribution in [0.2, 0.25) is 0 Å². The Morgan fingerprint density at radius 2 is 2.16 bits per heavy atom. The lowest BCUT2D eigenvalue weighted by atomic mass is 10.3. The van der Waals surface area contributed by atoms with Crippen molar-refractivity contribution < 1.29 is 13.6 Å². The largest absolute Gasteiger partial charge is 0.317 e. The molecule has 0 bridgehead atoms. The highest BCUT2D eigenvalue weighted by Gasteiger charge is 2.28. The smallest absolute Gasteiger partial charge is 0.295 e. The van der Waals surface area contributed by atoms with Crippen LogP contribution in [0.15, 0.2) is 18.2 Å². The molecule has 2 N–H and O–H groups in total. The zero-order chi connectivity index (χ0) is 13.4. The summed E-state index contributed by atoms with van der Waals surface area (Å²) in [6.07, 6.45) is 2.05. The summed E-state index contributed by atoms with van der Waals surface area (Å²) < 4.78 is 26.4. The van der Waals surface area contributed by atoms with Crippen LogP contribution in [0, 0.1) is 11.6 Å². The van der Waals surface area contributed by atoms with Crippen LogP contribution in [-0.4, -0.2) is 21.1 Å². The summed E-state index contributed by atoms with van der Waals surface area (Å²) in [4.78, 5) is 15.8. The van der Waals surface area contributed by atoms with Crippen LogP contribution < -0.4 is 5.32 Å². The lowest BCUT2D eigenvalue weighted by Gasteiger charge is -2.03. The van der Waals surface area contributed by atoms with E-state index in [0.29, 0.717) is 11.7 Å². The third-order valence-electron chi connectivity index (χ3n) is 2.87. The number of benzene rings is 1. The van der Waals surface area contributed by atoms with Crippen molar-refractivity contribution in [2.45, 2.75) is 18.8 Å². The maximum atomic E-state index is 13.4. The van der Waals surface area contributed by atoms with Crippen molar-refractivity contribution in [2.75, 3.05) is 5.32 Å². The maximum Gasteiger partial charge on any atom is 0.295 e. The summed E-state index contributed by atoms with van der Waals surface area (Å²) >= 11 is 0. The summed E-state index contributed by atoms with van der Waals surface area (Å²) in [7, 11) is 0. The van der Waals surface area contributed by atoms with Gasteiger partial charge in [0.2, 0.25) is 5.82 Å². The van der Waals surface area contributed by atoms with Crippen LogP contribution in [0.1, 0.15) is 35.2 Å². The van der Waals surface area contributed by atoms with Crippen molar-refractivity contribution in [3.8, 4) is 0 Å². The Balaban J connectivity index is 1.78. The number of carbonyl (C=O) groups excluding carboxylic acids is 1. The zero-order valence-electron chi connectivity index (χ0n) is 9.78. The second-order valence-corrected chi connectivity index (χ2v) is 4.37. The lowest BCUT2D eigenvalue weighted by molar-refractivity contribution is 0.101. The number of aromatic nitrogens is 3. The molecule has 0 radical (unpaired) electrons. The number of aromatic amines is 1. The molecule has 1 fully saturated rings. The van der Waals surface area contributed by atoms with Gasteiger partial charge in [-0.05, 0) is 25.0 Å². The van der Waals surface area contributed by atoms with E-state index in [1.165, 1.54) is 12.1 Å². The molecule has 0 atom stereocenters. The minimum absolute atomic E-state index is 0.0782. The molecule has 19 heavy (non-hydrogen) atoms. The Morgan fingerprint density at radius 3 is 2.89 bits per heavy atom. The van der Waals surface area contributed by atoms with Gasteiger partial charge in [-0.2, -0.15) is 0 Å². The van der Waals surface area contributed by atoms with Crippen molar-refractivity contribution in [3.63, 3.8) is 0 Å². The standard InChI is InChI=1S/C12H10F2N4O/c13-7-2-1-3-8(9(7)14)15-12(19)11-16-10(17-18-11)6-4-5-6/h1-3,6H,4-5H2,(H,15,19)(H,16,17,18). The van der Waals surface area contributed by atoms with E-state index in [9.17, 15) is 13.6 Å². The molecule has 2 aromatic rings. The highest BCUT2D eigenvalue weighted by molar-refractivity contribution is 6.01. The molecule has 1 saturated carbocycles. The van der Waals surface area contributed by atoms with Gasteiger partial charge in [0.05, 0.1) is 5.69 Å². The van der Waals surface area contributed by atoms with Gasteiger partial charge in [0.1, 0.15) is 5.82 Å². The molecule has 7 heteroatoms. The minimum atomic E-state index is -1.10. The lowest BCUT2D eigenvalue weighted by Crippen LogP contribution is -2.15. The van der Waals surface area contributed by atoms with E-state index < -0.39 is 17.5 Å². The summed E-state index contributed by atoms with van der Waals surface area (Å²) in [6, 6.07) is 3.55. The Kier molecular flexibility index (Phi) is 2.73. The van der Waals surface area contributed by atoms with E-state index in [1.54, 1.807) is 0 Å². The summed E-state index contributed by atoms with van der Waals surface area (Å²) in [5.41, 5.74) is -0.234. The average Bonchev–Trinajstić information content (AvgIpc) is 3.12. The number of hydrogen-bond donors (Lipinski definition) is 2. The SMILES string of the molecule is O=C(Nc1cccc(F)c1F)c1n[nH]c(C2CC2)n1. The summed E-state index contributed by atoms with van der Waals surface area (Å²) in [5, 5.41) is 8.67. The fraction of sp³-hybridized carbons (Fsp3) is 0.250. The van der Waals surface area contributed by atoms with Crippen LogP contribution >= 0.6 is 0 Å². The van der Waals surface area contributed by atoms with Crippen molar-refractivity contribution >= 4 is 11.6 Å². The Bertz CT molecular complexity index is 636. The van der Waals surface area contributed by atoms with Crippen molar-refractivity contribution in [2.24, 2.45) is 0 Å². The molecule has 1 aliphatic rings. The summed E-state index contributed by atoms with van der Waals surface area (Å²) in [5.74, 6) is -1.89. The number of carbonyl (C=O) groups is 1. The van der Waals surface area contributed by atoms with E-state index in [4.69, 9.17) is 0 Å². The monoisotopic (exact) mass is 264 g/mol. The van der Waals surface area contributed by atoms with Crippen LogP contribution in [0.4, 0.5) is 14.5 Å². The number of nitrogens with one attached hydrogen (secondary N) is 2. The maximum absolute atomic E-state index is 13.4. The minimum Gasteiger partial charge on any atom is -0.317 e. The molecule has 5 nitrogen and oxygen atoms in total. The van der Waals surface area contributed by atoms with Gasteiger partial charge in [-0.1, -0.05) is 6.07 Å². The first-order chi connectivity index (χ1) is 9.15. The molecular weight excluding hydrogens is 254 g/mol. The highest BCUT2D eigenvalue weighted by atomic mass is 19.2. The van der Waals surface area contributed by atoms with Crippen molar-refractivity contribution in [3.05, 3.63) is 41.5 Å². The average molecular weight is 264 g/mol. The van der Waals surface area contributed by atoms with Gasteiger partial charge in [0, 0.05) is 5.92 Å². The molecule has 0 unspecified atom stereocenters. The molecule has 98 valence electrons. The molecule has 0 aliphatic heterocycles. The number of hydrogen-bond acceptors (Lipinski definition) is 3. The molecule has 0 spiro atoms. The molecular formula is C12H10F2N4O. The number of anilines is 1. The van der Waals surface area contributed by atoms with Gasteiger partial charge in [0.15, 0.2) is 11.6 Å². The molecule has 1 aliphatic carbocycles. The number of H-pyrrole nitrogens is 1. The fourth-order valence-corrected chi connectivity index (χ4v) is 1.69. The van der Waals surface area contributed by atoms with Gasteiger partial charge < -0.3 is 5.32 Å². The predicted octanol–water partition coefficient (Wildman–Crippen LogP) is 2.21. The molecule has 0 saturated heterocycles. The third kappa shape index (κ3) is 2.31. The van der Waals surface area contributed by atoms with Crippen LogP contribution in [-0.2, 0) is 0 Å². The number of halogens is 2. The second kappa shape index (κ2) is 4.42. The molecule has 3 rings (SSSR count). The third-order valence-corrected chi connectivity index (χ3v) is 2.87. The molecule has 1 aromatic heterocycles. The number of amides is 1. The molecule has 1 amide bonds. The van der Waals surface area contributed by atoms with Gasteiger partial charge in [-0.3, -0.25) is 9.89 Å². The highest BCUT2D eigenvalue weighted by Crippen LogP contribution is 2.37. The Labute approximate surface area is 107 Å². The first-order valence-corrected chi connectivity index (χ1v) is 5.83. The summed E-state index contributed by atoms with van der Waals surface area (Å²) in [6.45, 7) is 0. The predicted molar refractivity (Wildman–Crippen MR) is 62.7 cm³/mol. The van der Waals surface area contributed by atoms with E-state index in [0.717, 1.165) is 18.9 Å². The van der Waals surface area contributed by atoms with Gasteiger partial charge in [0.25, 0.3) is 5.91 Å². The van der Waals surface area contributed by atoms with E-state index in [-0.39, 0.29) is 11.5 Å².